The lowest BCUT2D eigenvalue weighted by atomic mass is 9.98. The second-order valence-corrected chi connectivity index (χ2v) is 4.59. The quantitative estimate of drug-likeness (QED) is 0.497. The second-order valence-electron chi connectivity index (χ2n) is 4.59. The Labute approximate surface area is 111 Å². The fourth-order valence-electron chi connectivity index (χ4n) is 1.89. The van der Waals surface area contributed by atoms with Crippen molar-refractivity contribution in [2.75, 3.05) is 0 Å². The Balaban J connectivity index is 2.46. The maximum atomic E-state index is 8.94. The zero-order valence-electron chi connectivity index (χ0n) is 10.6. The smallest absolute Gasteiger partial charge is 0.207 e. The van der Waals surface area contributed by atoms with Gasteiger partial charge in [0.2, 0.25) is 6.19 Å². The van der Waals surface area contributed by atoms with E-state index in [1.807, 2.05) is 19.9 Å². The molecule has 0 bridgehead atoms. The molecule has 0 aliphatic carbocycles. The number of rotatable bonds is 2. The van der Waals surface area contributed by atoms with Crippen molar-refractivity contribution in [3.8, 4) is 18.0 Å². The van der Waals surface area contributed by atoms with E-state index in [9.17, 15) is 0 Å². The van der Waals surface area contributed by atoms with Crippen LogP contribution in [0.4, 0.5) is 0 Å². The summed E-state index contributed by atoms with van der Waals surface area (Å²) in [5.41, 5.74) is 1.63. The lowest BCUT2D eigenvalue weighted by Gasteiger charge is -2.30. The van der Waals surface area contributed by atoms with Gasteiger partial charge in [-0.2, -0.15) is 15.5 Å². The predicted octanol–water partition coefficient (Wildman–Crippen LogP) is 2.17. The molecule has 1 aromatic rings. The SMILES string of the molecule is CC1(C)C=C(N/C=N/C#N)c2cc(C#N)ccc2O1. The number of aliphatic imine (C=N–C) groups is 1. The van der Waals surface area contributed by atoms with E-state index >= 15 is 0 Å². The fraction of sp³-hybridized carbons (Fsp3) is 0.214. The first-order valence-electron chi connectivity index (χ1n) is 5.69. The van der Waals surface area contributed by atoms with Crippen molar-refractivity contribution in [1.29, 1.82) is 10.5 Å². The third-order valence-electron chi connectivity index (χ3n) is 2.61. The number of nitrogens with one attached hydrogen (secondary N) is 1. The van der Waals surface area contributed by atoms with Crippen LogP contribution in [0.25, 0.3) is 5.70 Å². The summed E-state index contributed by atoms with van der Waals surface area (Å²) < 4.78 is 5.82. The maximum Gasteiger partial charge on any atom is 0.207 e. The Hall–Kier alpha value is -2.79. The Morgan fingerprint density at radius 1 is 1.37 bits per heavy atom. The lowest BCUT2D eigenvalue weighted by molar-refractivity contribution is 0.157. The highest BCUT2D eigenvalue weighted by atomic mass is 16.5. The summed E-state index contributed by atoms with van der Waals surface area (Å²) in [4.78, 5) is 3.45. The van der Waals surface area contributed by atoms with Crippen molar-refractivity contribution in [2.45, 2.75) is 19.4 Å². The molecular formula is C14H12N4O. The largest absolute Gasteiger partial charge is 0.483 e. The number of nitriles is 2. The van der Waals surface area contributed by atoms with Gasteiger partial charge in [0, 0.05) is 5.56 Å². The van der Waals surface area contributed by atoms with Gasteiger partial charge in [-0.3, -0.25) is 0 Å². The molecule has 0 spiro atoms. The van der Waals surface area contributed by atoms with Crippen molar-refractivity contribution < 1.29 is 4.74 Å². The molecule has 0 aromatic heterocycles. The number of nitrogens with zero attached hydrogens (tertiary/aromatic N) is 3. The molecule has 5 nitrogen and oxygen atoms in total. The number of ether oxygens (including phenoxy) is 1. The van der Waals surface area contributed by atoms with Crippen LogP contribution < -0.4 is 10.1 Å². The molecule has 1 aliphatic heterocycles. The van der Waals surface area contributed by atoms with Crippen molar-refractivity contribution in [1.82, 2.24) is 5.32 Å². The zero-order chi connectivity index (χ0) is 13.9. The summed E-state index contributed by atoms with van der Waals surface area (Å²) in [6, 6.07) is 7.31. The topological polar surface area (TPSA) is 81.2 Å². The summed E-state index contributed by atoms with van der Waals surface area (Å²) >= 11 is 0. The number of hydrogen-bond acceptors (Lipinski definition) is 4. The molecule has 1 heterocycles. The lowest BCUT2D eigenvalue weighted by Crippen LogP contribution is -2.31. The third-order valence-corrected chi connectivity index (χ3v) is 2.61. The summed E-state index contributed by atoms with van der Waals surface area (Å²) in [7, 11) is 0. The monoisotopic (exact) mass is 252 g/mol. The molecule has 19 heavy (non-hydrogen) atoms. The third kappa shape index (κ3) is 2.72. The van der Waals surface area contributed by atoms with Crippen LogP contribution >= 0.6 is 0 Å². The van der Waals surface area contributed by atoms with Gasteiger partial charge in [0.15, 0.2) is 0 Å². The predicted molar refractivity (Wildman–Crippen MR) is 71.1 cm³/mol. The van der Waals surface area contributed by atoms with E-state index in [2.05, 4.69) is 16.4 Å². The normalized spacial score (nSPS) is 15.7. The van der Waals surface area contributed by atoms with Crippen molar-refractivity contribution in [2.24, 2.45) is 4.99 Å². The van der Waals surface area contributed by atoms with Gasteiger partial charge >= 0.3 is 0 Å². The summed E-state index contributed by atoms with van der Waals surface area (Å²) in [5.74, 6) is 0.694. The highest BCUT2D eigenvalue weighted by molar-refractivity contribution is 5.81. The molecule has 0 atom stereocenters. The van der Waals surface area contributed by atoms with E-state index < -0.39 is 5.60 Å². The Kier molecular flexibility index (Phi) is 3.22. The van der Waals surface area contributed by atoms with Gasteiger partial charge in [0.25, 0.3) is 0 Å². The van der Waals surface area contributed by atoms with Gasteiger partial charge < -0.3 is 10.1 Å². The molecule has 2 rings (SSSR count). The van der Waals surface area contributed by atoms with Crippen LogP contribution in [0.2, 0.25) is 0 Å². The summed E-state index contributed by atoms with van der Waals surface area (Å²) in [6.07, 6.45) is 4.87. The minimum Gasteiger partial charge on any atom is -0.483 e. The first kappa shape index (κ1) is 12.7. The van der Waals surface area contributed by atoms with Gasteiger partial charge in [0.05, 0.1) is 17.3 Å². The Morgan fingerprint density at radius 2 is 2.16 bits per heavy atom. The first-order valence-corrected chi connectivity index (χ1v) is 5.69. The van der Waals surface area contributed by atoms with E-state index in [0.29, 0.717) is 11.3 Å². The molecule has 0 amide bonds. The van der Waals surface area contributed by atoms with Crippen LogP contribution in [-0.4, -0.2) is 11.9 Å². The molecular weight excluding hydrogens is 240 g/mol. The van der Waals surface area contributed by atoms with E-state index in [4.69, 9.17) is 15.3 Å². The minimum absolute atomic E-state index is 0.468. The Bertz CT molecular complexity index is 644. The molecule has 0 radical (unpaired) electrons. The molecule has 5 heteroatoms. The zero-order valence-corrected chi connectivity index (χ0v) is 10.6. The van der Waals surface area contributed by atoms with Crippen LogP contribution in [0.15, 0.2) is 29.3 Å². The fourth-order valence-corrected chi connectivity index (χ4v) is 1.89. The molecule has 1 aromatic carbocycles. The second kappa shape index (κ2) is 4.83. The molecule has 94 valence electrons. The van der Waals surface area contributed by atoms with E-state index in [1.165, 1.54) is 6.34 Å². The molecule has 0 saturated heterocycles. The van der Waals surface area contributed by atoms with Crippen LogP contribution in [0.1, 0.15) is 25.0 Å². The first-order chi connectivity index (χ1) is 9.05. The molecule has 1 aliphatic rings. The van der Waals surface area contributed by atoms with Crippen LogP contribution in [0.3, 0.4) is 0 Å². The Morgan fingerprint density at radius 3 is 2.84 bits per heavy atom. The van der Waals surface area contributed by atoms with Crippen LogP contribution in [0.5, 0.6) is 5.75 Å². The van der Waals surface area contributed by atoms with Crippen LogP contribution in [-0.2, 0) is 0 Å². The van der Waals surface area contributed by atoms with Crippen molar-refractivity contribution in [3.05, 3.63) is 35.4 Å². The van der Waals surface area contributed by atoms with Gasteiger partial charge in [-0.25, -0.2) is 0 Å². The molecule has 0 fully saturated rings. The van der Waals surface area contributed by atoms with Gasteiger partial charge in [0.1, 0.15) is 17.7 Å². The maximum absolute atomic E-state index is 8.94. The van der Waals surface area contributed by atoms with E-state index in [1.54, 1.807) is 24.4 Å². The van der Waals surface area contributed by atoms with Gasteiger partial charge in [-0.1, -0.05) is 0 Å². The number of benzene rings is 1. The standard InChI is InChI=1S/C14H12N4O/c1-14(2)6-12(18-9-17-8-16)11-5-10(7-15)3-4-13(11)19-14/h3-6,9H,1-2H3,(H,17,18). The molecule has 0 unspecified atom stereocenters. The number of fused-ring (bicyclic) bond motifs is 1. The summed E-state index contributed by atoms with van der Waals surface area (Å²) in [6.45, 7) is 3.86. The highest BCUT2D eigenvalue weighted by Crippen LogP contribution is 2.35. The van der Waals surface area contributed by atoms with E-state index in [-0.39, 0.29) is 0 Å². The molecule has 1 N–H and O–H groups in total. The molecule has 0 saturated carbocycles. The van der Waals surface area contributed by atoms with Gasteiger partial charge in [-0.15, -0.1) is 0 Å². The van der Waals surface area contributed by atoms with Gasteiger partial charge in [-0.05, 0) is 38.1 Å². The highest BCUT2D eigenvalue weighted by Gasteiger charge is 2.26. The van der Waals surface area contributed by atoms with Crippen molar-refractivity contribution in [3.63, 3.8) is 0 Å². The average Bonchev–Trinajstić information content (AvgIpc) is 2.37. The summed E-state index contributed by atoms with van der Waals surface area (Å²) in [5, 5.41) is 20.3. The van der Waals surface area contributed by atoms with Crippen LogP contribution in [0, 0.1) is 22.8 Å². The number of hydrogen-bond donors (Lipinski definition) is 1. The average molecular weight is 252 g/mol. The van der Waals surface area contributed by atoms with E-state index in [0.717, 1.165) is 11.3 Å². The minimum atomic E-state index is -0.468. The van der Waals surface area contributed by atoms with Crippen molar-refractivity contribution >= 4 is 12.0 Å².